The summed E-state index contributed by atoms with van der Waals surface area (Å²) < 4.78 is 61.2. The van der Waals surface area contributed by atoms with E-state index in [0.717, 1.165) is 6.07 Å². The van der Waals surface area contributed by atoms with Crippen LogP contribution in [0.15, 0.2) is 29.3 Å². The number of halogens is 4. The summed E-state index contributed by atoms with van der Waals surface area (Å²) in [6, 6.07) is 5.37. The second-order valence-electron chi connectivity index (χ2n) is 6.74. The van der Waals surface area contributed by atoms with Crippen molar-refractivity contribution in [3.05, 3.63) is 29.8 Å². The van der Waals surface area contributed by atoms with Gasteiger partial charge in [-0.25, -0.2) is 8.42 Å². The molecule has 0 saturated carbocycles. The van der Waals surface area contributed by atoms with Crippen molar-refractivity contribution in [2.75, 3.05) is 56.2 Å². The van der Waals surface area contributed by atoms with Crippen LogP contribution in [0.1, 0.15) is 18.9 Å². The fraction of sp³-hybridized carbons (Fsp3) is 0.611. The summed E-state index contributed by atoms with van der Waals surface area (Å²) in [5.74, 6) is 0.805. The zero-order valence-electron chi connectivity index (χ0n) is 16.6. The average molecular weight is 548 g/mol. The number of alkyl halides is 3. The summed E-state index contributed by atoms with van der Waals surface area (Å²) >= 11 is 0. The molecule has 2 rings (SSSR count). The van der Waals surface area contributed by atoms with Crippen LogP contribution >= 0.6 is 24.0 Å². The summed E-state index contributed by atoms with van der Waals surface area (Å²) in [4.78, 5) is 8.46. The van der Waals surface area contributed by atoms with Gasteiger partial charge in [-0.3, -0.25) is 4.99 Å². The van der Waals surface area contributed by atoms with Crippen molar-refractivity contribution in [3.8, 4) is 0 Å². The van der Waals surface area contributed by atoms with Crippen LogP contribution in [0.25, 0.3) is 0 Å². The molecule has 1 fully saturated rings. The van der Waals surface area contributed by atoms with Crippen LogP contribution in [0.3, 0.4) is 0 Å². The second kappa shape index (κ2) is 11.2. The van der Waals surface area contributed by atoms with Crippen molar-refractivity contribution in [1.29, 1.82) is 0 Å². The summed E-state index contributed by atoms with van der Waals surface area (Å²) in [6.07, 6.45) is -2.69. The van der Waals surface area contributed by atoms with Crippen LogP contribution in [-0.2, 0) is 16.0 Å². The van der Waals surface area contributed by atoms with E-state index in [4.69, 9.17) is 0 Å². The number of hydrogen-bond acceptors (Lipinski definition) is 4. The first-order valence-electron chi connectivity index (χ1n) is 9.23. The van der Waals surface area contributed by atoms with Gasteiger partial charge in [0.1, 0.15) is 9.84 Å². The van der Waals surface area contributed by atoms with E-state index in [1.165, 1.54) is 18.4 Å². The Kier molecular flexibility index (Phi) is 9.99. The lowest BCUT2D eigenvalue weighted by Gasteiger charge is -2.38. The molecule has 0 spiro atoms. The molecule has 0 atom stereocenters. The van der Waals surface area contributed by atoms with Gasteiger partial charge in [-0.15, -0.1) is 24.0 Å². The molecule has 1 heterocycles. The fourth-order valence-corrected chi connectivity index (χ4v) is 3.65. The first-order valence-corrected chi connectivity index (χ1v) is 11.3. The number of piperazine rings is 1. The quantitative estimate of drug-likeness (QED) is 0.257. The zero-order valence-corrected chi connectivity index (χ0v) is 19.7. The molecule has 1 aromatic carbocycles. The number of guanidine groups is 1. The van der Waals surface area contributed by atoms with Crippen LogP contribution in [0.4, 0.5) is 18.9 Å². The molecule has 0 bridgehead atoms. The summed E-state index contributed by atoms with van der Waals surface area (Å²) in [5, 5.41) is 3.19. The lowest BCUT2D eigenvalue weighted by atomic mass is 10.1. The molecule has 1 aliphatic rings. The molecule has 0 unspecified atom stereocenters. The molecule has 1 aliphatic heterocycles. The van der Waals surface area contributed by atoms with E-state index in [1.807, 2.05) is 16.7 Å². The maximum absolute atomic E-state index is 12.9. The Morgan fingerprint density at radius 2 is 1.86 bits per heavy atom. The van der Waals surface area contributed by atoms with Crippen LogP contribution in [-0.4, -0.2) is 70.6 Å². The second-order valence-corrected chi connectivity index (χ2v) is 9.00. The van der Waals surface area contributed by atoms with Gasteiger partial charge >= 0.3 is 6.18 Å². The molecule has 11 heteroatoms. The Bertz CT molecular complexity index is 780. The highest BCUT2D eigenvalue weighted by Gasteiger charge is 2.31. The van der Waals surface area contributed by atoms with Gasteiger partial charge in [-0.1, -0.05) is 6.07 Å². The number of sulfone groups is 1. The smallest absolute Gasteiger partial charge is 0.368 e. The zero-order chi connectivity index (χ0) is 20.8. The minimum Gasteiger partial charge on any atom is -0.368 e. The van der Waals surface area contributed by atoms with E-state index >= 15 is 0 Å². The summed E-state index contributed by atoms with van der Waals surface area (Å²) in [6.45, 7) is 5.43. The monoisotopic (exact) mass is 548 g/mol. The fourth-order valence-electron chi connectivity index (χ4n) is 2.99. The van der Waals surface area contributed by atoms with Crippen molar-refractivity contribution in [2.24, 2.45) is 4.99 Å². The number of benzene rings is 1. The molecule has 1 aromatic rings. The Morgan fingerprint density at radius 1 is 1.21 bits per heavy atom. The molecule has 0 aromatic heterocycles. The van der Waals surface area contributed by atoms with Crippen molar-refractivity contribution in [3.63, 3.8) is 0 Å². The van der Waals surface area contributed by atoms with E-state index in [9.17, 15) is 21.6 Å². The molecule has 0 radical (unpaired) electrons. The summed E-state index contributed by atoms with van der Waals surface area (Å²) in [5.41, 5.74) is -0.0854. The largest absolute Gasteiger partial charge is 0.416 e. The molecule has 1 saturated heterocycles. The molecule has 0 aliphatic carbocycles. The molecule has 166 valence electrons. The number of aliphatic imine (C=N–C) groups is 1. The predicted molar refractivity (Wildman–Crippen MR) is 121 cm³/mol. The molecular weight excluding hydrogens is 520 g/mol. The van der Waals surface area contributed by atoms with Crippen LogP contribution < -0.4 is 10.2 Å². The maximum Gasteiger partial charge on any atom is 0.416 e. The molecule has 1 N–H and O–H groups in total. The van der Waals surface area contributed by atoms with Crippen molar-refractivity contribution >= 4 is 45.5 Å². The van der Waals surface area contributed by atoms with Gasteiger partial charge in [-0.2, -0.15) is 13.2 Å². The molecule has 0 amide bonds. The van der Waals surface area contributed by atoms with Gasteiger partial charge in [0.05, 0.1) is 11.3 Å². The lowest BCUT2D eigenvalue weighted by molar-refractivity contribution is -0.137. The van der Waals surface area contributed by atoms with Gasteiger partial charge in [0, 0.05) is 51.2 Å². The topological polar surface area (TPSA) is 65.0 Å². The van der Waals surface area contributed by atoms with E-state index in [1.54, 1.807) is 6.07 Å². The minimum atomic E-state index is -4.35. The Labute approximate surface area is 187 Å². The van der Waals surface area contributed by atoms with Gasteiger partial charge in [0.15, 0.2) is 5.96 Å². The maximum atomic E-state index is 12.9. The molecule has 29 heavy (non-hydrogen) atoms. The highest BCUT2D eigenvalue weighted by molar-refractivity contribution is 14.0. The minimum absolute atomic E-state index is 0. The van der Waals surface area contributed by atoms with E-state index in [2.05, 4.69) is 10.3 Å². The number of rotatable bonds is 6. The standard InChI is InChI=1S/C18H27F3N4O2S.HI/c1-3-22-17(23-8-5-13-28(2,26)27)25-11-9-24(10-12-25)16-7-4-6-15(14-16)18(19,20)21;/h4,6-7,14H,3,5,8-13H2,1-2H3,(H,22,23);1H. The van der Waals surface area contributed by atoms with Crippen molar-refractivity contribution in [1.82, 2.24) is 10.2 Å². The van der Waals surface area contributed by atoms with E-state index in [0.29, 0.717) is 57.3 Å². The Morgan fingerprint density at radius 3 is 2.41 bits per heavy atom. The third-order valence-electron chi connectivity index (χ3n) is 4.39. The highest BCUT2D eigenvalue weighted by Crippen LogP contribution is 2.31. The highest BCUT2D eigenvalue weighted by atomic mass is 127. The third-order valence-corrected chi connectivity index (χ3v) is 5.42. The van der Waals surface area contributed by atoms with Crippen LogP contribution in [0.5, 0.6) is 0 Å². The SMILES string of the molecule is CCNC(=NCCCS(C)(=O)=O)N1CCN(c2cccc(C(F)(F)F)c2)CC1.I. The Hall–Kier alpha value is -1.24. The lowest BCUT2D eigenvalue weighted by Crippen LogP contribution is -2.52. The number of hydrogen-bond donors (Lipinski definition) is 1. The normalized spacial score (nSPS) is 15.8. The first-order chi connectivity index (χ1) is 13.1. The predicted octanol–water partition coefficient (Wildman–Crippen LogP) is 2.85. The van der Waals surface area contributed by atoms with Gasteiger partial charge < -0.3 is 15.1 Å². The van der Waals surface area contributed by atoms with Gasteiger partial charge in [0.25, 0.3) is 0 Å². The number of anilines is 1. The third kappa shape index (κ3) is 8.57. The van der Waals surface area contributed by atoms with Crippen molar-refractivity contribution in [2.45, 2.75) is 19.5 Å². The van der Waals surface area contributed by atoms with E-state index < -0.39 is 21.6 Å². The molecule has 6 nitrogen and oxygen atoms in total. The number of nitrogens with one attached hydrogen (secondary N) is 1. The van der Waals surface area contributed by atoms with E-state index in [-0.39, 0.29) is 29.7 Å². The summed E-state index contributed by atoms with van der Waals surface area (Å²) in [7, 11) is -3.00. The van der Waals surface area contributed by atoms with Crippen LogP contribution in [0, 0.1) is 0 Å². The van der Waals surface area contributed by atoms with Gasteiger partial charge in [0.2, 0.25) is 0 Å². The average Bonchev–Trinajstić information content (AvgIpc) is 2.63. The first kappa shape index (κ1) is 25.8. The Balaban J connectivity index is 0.00000420. The molecular formula is C18H28F3IN4O2S. The number of nitrogens with zero attached hydrogens (tertiary/aromatic N) is 3. The van der Waals surface area contributed by atoms with Crippen molar-refractivity contribution < 1.29 is 21.6 Å². The van der Waals surface area contributed by atoms with Crippen LogP contribution in [0.2, 0.25) is 0 Å². The van der Waals surface area contributed by atoms with Gasteiger partial charge in [-0.05, 0) is 31.5 Å².